The van der Waals surface area contributed by atoms with Crippen LogP contribution in [0.4, 0.5) is 0 Å². The van der Waals surface area contributed by atoms with Crippen LogP contribution in [0.5, 0.6) is 0 Å². The van der Waals surface area contributed by atoms with Crippen molar-refractivity contribution in [1.82, 2.24) is 0 Å². The van der Waals surface area contributed by atoms with Gasteiger partial charge in [0, 0.05) is 27.5 Å². The lowest BCUT2D eigenvalue weighted by atomic mass is 9.47. The quantitative estimate of drug-likeness (QED) is 0.307. The second kappa shape index (κ2) is 10.1. The van der Waals surface area contributed by atoms with Gasteiger partial charge in [-0.1, -0.05) is 13.8 Å². The average Bonchev–Trinajstić information content (AvgIpc) is 3.45. The van der Waals surface area contributed by atoms with E-state index in [1.54, 1.807) is 13.0 Å². The highest BCUT2D eigenvalue weighted by Gasteiger charge is 2.64. The summed E-state index contributed by atoms with van der Waals surface area (Å²) in [7, 11) is 1.22. The van der Waals surface area contributed by atoms with Gasteiger partial charge in [-0.25, -0.2) is 9.59 Å². The number of carbonyl (C=O) groups is 2. The summed E-state index contributed by atoms with van der Waals surface area (Å²) in [5.41, 5.74) is -1.03. The number of rotatable bonds is 5. The van der Waals surface area contributed by atoms with Crippen molar-refractivity contribution < 1.29 is 58.5 Å². The molecule has 1 aromatic heterocycles. The smallest absolute Gasteiger partial charge is 0.334 e. The predicted molar refractivity (Wildman–Crippen MR) is 129 cm³/mol. The van der Waals surface area contributed by atoms with Crippen molar-refractivity contribution in [2.24, 2.45) is 16.7 Å². The van der Waals surface area contributed by atoms with Crippen LogP contribution in [0.25, 0.3) is 0 Å². The molecule has 214 valence electrons. The maximum absolute atomic E-state index is 13.4. The van der Waals surface area contributed by atoms with E-state index in [1.807, 2.05) is 6.92 Å². The molecular formula is C27H34O12. The van der Waals surface area contributed by atoms with Crippen molar-refractivity contribution in [3.05, 3.63) is 47.5 Å². The second-order valence-corrected chi connectivity index (χ2v) is 11.1. The molecule has 2 saturated heterocycles. The summed E-state index contributed by atoms with van der Waals surface area (Å²) in [6.07, 6.45) is -4.09. The predicted octanol–water partition coefficient (Wildman–Crippen LogP) is -0.114. The Kier molecular flexibility index (Phi) is 7.25. The number of ether oxygens (including phenoxy) is 4. The largest absolute Gasteiger partial charge is 0.472 e. The lowest BCUT2D eigenvalue weighted by molar-refractivity contribution is -0.317. The van der Waals surface area contributed by atoms with Gasteiger partial charge in [0.1, 0.15) is 30.5 Å². The van der Waals surface area contributed by atoms with Gasteiger partial charge < -0.3 is 48.9 Å². The highest BCUT2D eigenvalue weighted by molar-refractivity contribution is 5.94. The third kappa shape index (κ3) is 4.34. The fourth-order valence-electron chi connectivity index (χ4n) is 6.81. The standard InChI is InChI=1S/C27H34O12/c1-26-9-16(12-4-5-36-11-12)37-24(34)14(26)8-19(39-25-22(32)21(31)20(30)17(10-28)38-25)27(2)15(23(33)35-3)6-13(29)7-18(26)27/h4-6,8,11,13,16-22,25,28-32H,7,9-10H2,1-3H3/t13-,16-,17+,18-,19+,20+,21-,22+,25-,26+,27-/m0/s1. The summed E-state index contributed by atoms with van der Waals surface area (Å²) < 4.78 is 27.8. The van der Waals surface area contributed by atoms with Crippen LogP contribution < -0.4 is 0 Å². The lowest BCUT2D eigenvalue weighted by Crippen LogP contribution is -2.63. The number of esters is 2. The van der Waals surface area contributed by atoms with E-state index in [9.17, 15) is 35.1 Å². The van der Waals surface area contributed by atoms with Crippen LogP contribution in [0, 0.1) is 16.7 Å². The molecule has 12 heteroatoms. The van der Waals surface area contributed by atoms with Crippen molar-refractivity contribution in [2.45, 2.75) is 75.7 Å². The maximum atomic E-state index is 13.4. The molecule has 0 amide bonds. The van der Waals surface area contributed by atoms with Gasteiger partial charge in [0.25, 0.3) is 0 Å². The van der Waals surface area contributed by atoms with Crippen LogP contribution in [-0.2, 0) is 28.5 Å². The fourth-order valence-corrected chi connectivity index (χ4v) is 6.81. The molecule has 0 radical (unpaired) electrons. The van der Waals surface area contributed by atoms with E-state index in [-0.39, 0.29) is 17.6 Å². The third-order valence-corrected chi connectivity index (χ3v) is 8.96. The SMILES string of the molecule is COC(=O)C1=C[C@H](O)C[C@@H]2[C@@]1(C)[C@H](O[C@@H]1O[C@H](CO)[C@@H](O)[C@H](O)[C@H]1O)C=C1C(=O)O[C@H](c3ccoc3)C[C@]12C. The molecule has 39 heavy (non-hydrogen) atoms. The molecule has 3 heterocycles. The van der Waals surface area contributed by atoms with Crippen molar-refractivity contribution >= 4 is 11.9 Å². The zero-order valence-corrected chi connectivity index (χ0v) is 21.8. The normalized spacial score (nSPS) is 43.9. The number of methoxy groups -OCH3 is 1. The summed E-state index contributed by atoms with van der Waals surface area (Å²) in [5, 5.41) is 51.6. The molecule has 0 aromatic carbocycles. The van der Waals surface area contributed by atoms with Gasteiger partial charge in [0.2, 0.25) is 0 Å². The molecule has 1 aromatic rings. The lowest BCUT2D eigenvalue weighted by Gasteiger charge is -2.59. The van der Waals surface area contributed by atoms with Gasteiger partial charge in [0.15, 0.2) is 6.29 Å². The Morgan fingerprint density at radius 3 is 2.51 bits per heavy atom. The minimum absolute atomic E-state index is 0.124. The van der Waals surface area contributed by atoms with E-state index >= 15 is 0 Å². The first-order valence-corrected chi connectivity index (χ1v) is 12.9. The topological polar surface area (TPSA) is 185 Å². The summed E-state index contributed by atoms with van der Waals surface area (Å²) in [6, 6.07) is 1.71. The summed E-state index contributed by atoms with van der Waals surface area (Å²) in [6.45, 7) is 2.98. The Morgan fingerprint density at radius 1 is 1.13 bits per heavy atom. The van der Waals surface area contributed by atoms with E-state index in [2.05, 4.69) is 0 Å². The van der Waals surface area contributed by atoms with Gasteiger partial charge >= 0.3 is 11.9 Å². The average molecular weight is 551 g/mol. The first-order chi connectivity index (χ1) is 18.4. The summed E-state index contributed by atoms with van der Waals surface area (Å²) in [4.78, 5) is 26.5. The minimum atomic E-state index is -1.71. The van der Waals surface area contributed by atoms with Crippen LogP contribution in [-0.4, -0.2) is 94.1 Å². The van der Waals surface area contributed by atoms with Gasteiger partial charge in [-0.15, -0.1) is 0 Å². The molecule has 0 unspecified atom stereocenters. The molecular weight excluding hydrogens is 516 g/mol. The fraction of sp³-hybridized carbons (Fsp3) is 0.630. The van der Waals surface area contributed by atoms with Gasteiger partial charge in [-0.3, -0.25) is 0 Å². The Balaban J connectivity index is 1.61. The minimum Gasteiger partial charge on any atom is -0.472 e. The first kappa shape index (κ1) is 28.0. The Hall–Kier alpha value is -2.58. The Morgan fingerprint density at radius 2 is 1.87 bits per heavy atom. The molecule has 0 saturated carbocycles. The van der Waals surface area contributed by atoms with E-state index in [4.69, 9.17) is 23.4 Å². The molecule has 2 aliphatic heterocycles. The second-order valence-electron chi connectivity index (χ2n) is 11.1. The zero-order chi connectivity index (χ0) is 28.3. The number of hydrogen-bond donors (Lipinski definition) is 5. The number of carbonyl (C=O) groups excluding carboxylic acids is 2. The number of fused-ring (bicyclic) bond motifs is 3. The molecule has 11 atom stereocenters. The van der Waals surface area contributed by atoms with Crippen molar-refractivity contribution in [3.8, 4) is 0 Å². The van der Waals surface area contributed by atoms with Crippen molar-refractivity contribution in [1.29, 1.82) is 0 Å². The Bertz CT molecular complexity index is 1160. The van der Waals surface area contributed by atoms with Gasteiger partial charge in [-0.05, 0) is 37.0 Å². The van der Waals surface area contributed by atoms with Crippen molar-refractivity contribution in [3.63, 3.8) is 0 Å². The van der Waals surface area contributed by atoms with Crippen molar-refractivity contribution in [2.75, 3.05) is 13.7 Å². The third-order valence-electron chi connectivity index (χ3n) is 8.96. The Labute approximate surface area is 224 Å². The van der Waals surface area contributed by atoms with Crippen LogP contribution in [0.15, 0.2) is 46.3 Å². The van der Waals surface area contributed by atoms with Gasteiger partial charge in [-0.2, -0.15) is 0 Å². The van der Waals surface area contributed by atoms with E-state index < -0.39 is 84.3 Å². The number of aliphatic hydroxyl groups excluding tert-OH is 5. The van der Waals surface area contributed by atoms with Crippen LogP contribution in [0.1, 0.15) is 38.4 Å². The number of aliphatic hydroxyl groups is 5. The van der Waals surface area contributed by atoms with Crippen LogP contribution >= 0.6 is 0 Å². The summed E-state index contributed by atoms with van der Waals surface area (Å²) in [5.74, 6) is -1.87. The van der Waals surface area contributed by atoms with Gasteiger partial charge in [0.05, 0.1) is 38.5 Å². The van der Waals surface area contributed by atoms with E-state index in [0.717, 1.165) is 0 Å². The number of furan rings is 1. The monoisotopic (exact) mass is 550 g/mol. The number of cyclic esters (lactones) is 1. The highest BCUT2D eigenvalue weighted by Crippen LogP contribution is 2.63. The first-order valence-electron chi connectivity index (χ1n) is 12.9. The van der Waals surface area contributed by atoms with E-state index in [0.29, 0.717) is 12.0 Å². The van der Waals surface area contributed by atoms with E-state index in [1.165, 1.54) is 31.8 Å². The highest BCUT2D eigenvalue weighted by atomic mass is 16.7. The maximum Gasteiger partial charge on any atom is 0.334 e. The molecule has 2 fully saturated rings. The zero-order valence-electron chi connectivity index (χ0n) is 21.8. The molecule has 5 rings (SSSR count). The molecule has 5 N–H and O–H groups in total. The van der Waals surface area contributed by atoms with Crippen LogP contribution in [0.2, 0.25) is 0 Å². The molecule has 4 aliphatic rings. The molecule has 2 aliphatic carbocycles. The molecule has 12 nitrogen and oxygen atoms in total. The molecule has 0 spiro atoms. The number of hydrogen-bond acceptors (Lipinski definition) is 12. The van der Waals surface area contributed by atoms with Crippen LogP contribution in [0.3, 0.4) is 0 Å². The molecule has 0 bridgehead atoms. The summed E-state index contributed by atoms with van der Waals surface area (Å²) >= 11 is 0.